The highest BCUT2D eigenvalue weighted by atomic mass is 16.5. The van der Waals surface area contributed by atoms with Crippen LogP contribution in [-0.4, -0.2) is 44.3 Å². The van der Waals surface area contributed by atoms with Crippen LogP contribution >= 0.6 is 0 Å². The van der Waals surface area contributed by atoms with E-state index in [4.69, 9.17) is 9.47 Å². The predicted molar refractivity (Wildman–Crippen MR) is 77.2 cm³/mol. The maximum absolute atomic E-state index is 11.7. The molecule has 1 aromatic rings. The summed E-state index contributed by atoms with van der Waals surface area (Å²) in [4.78, 5) is 13.5. The molecule has 5 nitrogen and oxygen atoms in total. The third kappa shape index (κ3) is 3.79. The molecule has 1 heterocycles. The van der Waals surface area contributed by atoms with E-state index >= 15 is 0 Å². The number of methoxy groups -OCH3 is 1. The van der Waals surface area contributed by atoms with Crippen molar-refractivity contribution in [1.29, 1.82) is 0 Å². The van der Waals surface area contributed by atoms with Crippen LogP contribution in [0.15, 0.2) is 24.3 Å². The summed E-state index contributed by atoms with van der Waals surface area (Å²) < 4.78 is 11.0. The van der Waals surface area contributed by atoms with Gasteiger partial charge in [0.2, 0.25) is 0 Å². The number of hydrogen-bond acceptors (Lipinski definition) is 3. The van der Waals surface area contributed by atoms with Crippen LogP contribution in [-0.2, 0) is 0 Å². The van der Waals surface area contributed by atoms with Gasteiger partial charge in [0.05, 0.1) is 13.7 Å². The van der Waals surface area contributed by atoms with Gasteiger partial charge in [-0.05, 0) is 18.6 Å². The van der Waals surface area contributed by atoms with Crippen molar-refractivity contribution in [2.75, 3.05) is 33.4 Å². The minimum atomic E-state index is 0.0281. The highest BCUT2D eigenvalue weighted by Gasteiger charge is 2.20. The first-order valence-corrected chi connectivity index (χ1v) is 6.99. The molecule has 1 N–H and O–H groups in total. The van der Waals surface area contributed by atoms with E-state index in [-0.39, 0.29) is 11.9 Å². The Morgan fingerprint density at radius 2 is 2.05 bits per heavy atom. The molecule has 1 fully saturated rings. The zero-order valence-electron chi connectivity index (χ0n) is 12.1. The quantitative estimate of drug-likeness (QED) is 0.867. The van der Waals surface area contributed by atoms with E-state index in [2.05, 4.69) is 5.32 Å². The summed E-state index contributed by atoms with van der Waals surface area (Å²) in [5.74, 6) is 1.70. The van der Waals surface area contributed by atoms with Crippen LogP contribution < -0.4 is 14.8 Å². The molecule has 1 aliphatic heterocycles. The van der Waals surface area contributed by atoms with Crippen LogP contribution in [0.25, 0.3) is 0 Å². The fourth-order valence-electron chi connectivity index (χ4n) is 1.92. The standard InChI is InChI=1S/C15H22N2O3/c1-12(10-16-15(18)17-8-5-9-17)11-20-14-7-4-3-6-13(14)19-2/h3-4,6-7,12H,5,8-11H2,1-2H3,(H,16,18). The zero-order chi connectivity index (χ0) is 14.4. The largest absolute Gasteiger partial charge is 0.493 e. The lowest BCUT2D eigenvalue weighted by atomic mass is 10.2. The van der Waals surface area contributed by atoms with Gasteiger partial charge in [-0.2, -0.15) is 0 Å². The van der Waals surface area contributed by atoms with E-state index in [1.54, 1.807) is 7.11 Å². The van der Waals surface area contributed by atoms with Crippen LogP contribution in [0, 0.1) is 5.92 Å². The fraction of sp³-hybridized carbons (Fsp3) is 0.533. The lowest BCUT2D eigenvalue weighted by molar-refractivity contribution is 0.164. The molecule has 2 amide bonds. The van der Waals surface area contributed by atoms with Crippen molar-refractivity contribution in [2.45, 2.75) is 13.3 Å². The number of benzene rings is 1. The average Bonchev–Trinajstić information content (AvgIpc) is 2.41. The number of para-hydroxylation sites is 2. The van der Waals surface area contributed by atoms with E-state index in [1.165, 1.54) is 0 Å². The van der Waals surface area contributed by atoms with Crippen molar-refractivity contribution < 1.29 is 14.3 Å². The monoisotopic (exact) mass is 278 g/mol. The Balaban J connectivity index is 1.71. The molecule has 0 bridgehead atoms. The molecule has 1 saturated heterocycles. The molecule has 0 saturated carbocycles. The summed E-state index contributed by atoms with van der Waals surface area (Å²) in [5.41, 5.74) is 0. The number of ether oxygens (including phenoxy) is 2. The number of nitrogens with zero attached hydrogens (tertiary/aromatic N) is 1. The lowest BCUT2D eigenvalue weighted by Crippen LogP contribution is -2.48. The second-order valence-electron chi connectivity index (χ2n) is 5.09. The van der Waals surface area contributed by atoms with Gasteiger partial charge < -0.3 is 19.7 Å². The molecule has 5 heteroatoms. The zero-order valence-corrected chi connectivity index (χ0v) is 12.1. The van der Waals surface area contributed by atoms with Gasteiger partial charge in [0.15, 0.2) is 11.5 Å². The third-order valence-corrected chi connectivity index (χ3v) is 3.34. The number of urea groups is 1. The molecule has 20 heavy (non-hydrogen) atoms. The first-order valence-electron chi connectivity index (χ1n) is 6.99. The second-order valence-corrected chi connectivity index (χ2v) is 5.09. The van der Waals surface area contributed by atoms with Crippen LogP contribution in [0.5, 0.6) is 11.5 Å². The van der Waals surface area contributed by atoms with Crippen molar-refractivity contribution >= 4 is 6.03 Å². The fourth-order valence-corrected chi connectivity index (χ4v) is 1.92. The van der Waals surface area contributed by atoms with E-state index in [1.807, 2.05) is 36.1 Å². The summed E-state index contributed by atoms with van der Waals surface area (Å²) in [7, 11) is 1.62. The molecule has 0 aromatic heterocycles. The minimum absolute atomic E-state index is 0.0281. The highest BCUT2D eigenvalue weighted by Crippen LogP contribution is 2.26. The Morgan fingerprint density at radius 3 is 2.65 bits per heavy atom. The molecule has 2 rings (SSSR count). The van der Waals surface area contributed by atoms with Crippen molar-refractivity contribution in [1.82, 2.24) is 10.2 Å². The van der Waals surface area contributed by atoms with Crippen LogP contribution in [0.4, 0.5) is 4.79 Å². The number of rotatable bonds is 6. The Bertz CT molecular complexity index is 446. The first-order chi connectivity index (χ1) is 9.70. The molecule has 0 spiro atoms. The SMILES string of the molecule is COc1ccccc1OCC(C)CNC(=O)N1CCC1. The number of likely N-dealkylation sites (tertiary alicyclic amines) is 1. The average molecular weight is 278 g/mol. The number of carbonyl (C=O) groups excluding carboxylic acids is 1. The van der Waals surface area contributed by atoms with Gasteiger partial charge in [-0.25, -0.2) is 4.79 Å². The second kappa shape index (κ2) is 7.03. The third-order valence-electron chi connectivity index (χ3n) is 3.34. The summed E-state index contributed by atoms with van der Waals surface area (Å²) in [6, 6.07) is 7.59. The van der Waals surface area contributed by atoms with Gasteiger partial charge in [0.25, 0.3) is 0 Å². The van der Waals surface area contributed by atoms with Gasteiger partial charge in [-0.3, -0.25) is 0 Å². The van der Waals surface area contributed by atoms with Crippen LogP contribution in [0.2, 0.25) is 0 Å². The molecular weight excluding hydrogens is 256 g/mol. The van der Waals surface area contributed by atoms with Crippen molar-refractivity contribution in [3.8, 4) is 11.5 Å². The number of hydrogen-bond donors (Lipinski definition) is 1. The van der Waals surface area contributed by atoms with Gasteiger partial charge in [0.1, 0.15) is 0 Å². The molecule has 1 aromatic carbocycles. The predicted octanol–water partition coefficient (Wildman–Crippen LogP) is 2.13. The molecule has 0 aliphatic carbocycles. The van der Waals surface area contributed by atoms with Crippen molar-refractivity contribution in [3.05, 3.63) is 24.3 Å². The molecule has 1 aliphatic rings. The van der Waals surface area contributed by atoms with E-state index in [0.717, 1.165) is 31.0 Å². The van der Waals surface area contributed by atoms with Gasteiger partial charge >= 0.3 is 6.03 Å². The van der Waals surface area contributed by atoms with Gasteiger partial charge in [-0.15, -0.1) is 0 Å². The van der Waals surface area contributed by atoms with Crippen molar-refractivity contribution in [3.63, 3.8) is 0 Å². The Labute approximate surface area is 119 Å². The van der Waals surface area contributed by atoms with E-state index < -0.39 is 0 Å². The molecule has 1 atom stereocenters. The van der Waals surface area contributed by atoms with E-state index in [9.17, 15) is 4.79 Å². The first kappa shape index (κ1) is 14.5. The van der Waals surface area contributed by atoms with E-state index in [0.29, 0.717) is 13.2 Å². The number of carbonyl (C=O) groups is 1. The Hall–Kier alpha value is -1.91. The number of amides is 2. The highest BCUT2D eigenvalue weighted by molar-refractivity contribution is 5.74. The molecule has 1 unspecified atom stereocenters. The summed E-state index contributed by atoms with van der Waals surface area (Å²) >= 11 is 0. The van der Waals surface area contributed by atoms with Gasteiger partial charge in [-0.1, -0.05) is 19.1 Å². The summed E-state index contributed by atoms with van der Waals surface area (Å²) in [6.07, 6.45) is 1.11. The molecular formula is C15H22N2O3. The maximum Gasteiger partial charge on any atom is 0.317 e. The number of nitrogens with one attached hydrogen (secondary N) is 1. The summed E-state index contributed by atoms with van der Waals surface area (Å²) in [6.45, 7) is 4.95. The topological polar surface area (TPSA) is 50.8 Å². The minimum Gasteiger partial charge on any atom is -0.493 e. The van der Waals surface area contributed by atoms with Gasteiger partial charge in [0, 0.05) is 25.6 Å². The Kier molecular flexibility index (Phi) is 5.09. The normalized spacial score (nSPS) is 15.2. The summed E-state index contributed by atoms with van der Waals surface area (Å²) in [5, 5.41) is 2.92. The van der Waals surface area contributed by atoms with Crippen LogP contribution in [0.3, 0.4) is 0 Å². The van der Waals surface area contributed by atoms with Crippen molar-refractivity contribution in [2.24, 2.45) is 5.92 Å². The molecule has 0 radical (unpaired) electrons. The lowest BCUT2D eigenvalue weighted by Gasteiger charge is -2.31. The molecule has 110 valence electrons. The Morgan fingerprint density at radius 1 is 1.35 bits per heavy atom. The maximum atomic E-state index is 11.7. The smallest absolute Gasteiger partial charge is 0.317 e. The van der Waals surface area contributed by atoms with Crippen LogP contribution in [0.1, 0.15) is 13.3 Å².